The third kappa shape index (κ3) is 2.74. The second-order valence-corrected chi connectivity index (χ2v) is 11.3. The third-order valence-electron chi connectivity index (χ3n) is 5.54. The van der Waals surface area contributed by atoms with Crippen molar-refractivity contribution in [1.82, 2.24) is 0 Å². The van der Waals surface area contributed by atoms with Crippen LogP contribution in [-0.2, 0) is 0 Å². The van der Waals surface area contributed by atoms with Crippen molar-refractivity contribution in [2.75, 3.05) is 0 Å². The zero-order chi connectivity index (χ0) is 13.1. The summed E-state index contributed by atoms with van der Waals surface area (Å²) in [6.07, 6.45) is 11.7. The van der Waals surface area contributed by atoms with Crippen LogP contribution in [-0.4, -0.2) is 8.07 Å². The van der Waals surface area contributed by atoms with E-state index in [9.17, 15) is 0 Å². The molecule has 0 spiro atoms. The predicted octanol–water partition coefficient (Wildman–Crippen LogP) is 5.17. The first kappa shape index (κ1) is 13.9. The predicted molar refractivity (Wildman–Crippen MR) is 83.1 cm³/mol. The first-order valence-electron chi connectivity index (χ1n) is 7.87. The molecular formula is C17H28Si. The molecular weight excluding hydrogens is 232 g/mol. The van der Waals surface area contributed by atoms with E-state index in [2.05, 4.69) is 44.4 Å². The van der Waals surface area contributed by atoms with E-state index < -0.39 is 8.07 Å². The Morgan fingerprint density at radius 3 is 2.39 bits per heavy atom. The van der Waals surface area contributed by atoms with Crippen LogP contribution in [0.2, 0.25) is 18.1 Å². The van der Waals surface area contributed by atoms with E-state index in [-0.39, 0.29) is 0 Å². The molecule has 0 aromatic rings. The molecule has 0 amide bonds. The van der Waals surface area contributed by atoms with Crippen molar-refractivity contribution in [2.45, 2.75) is 71.0 Å². The van der Waals surface area contributed by atoms with Gasteiger partial charge in [-0.3, -0.25) is 0 Å². The summed E-state index contributed by atoms with van der Waals surface area (Å²) >= 11 is 0. The highest BCUT2D eigenvalue weighted by molar-refractivity contribution is 6.87. The van der Waals surface area contributed by atoms with Gasteiger partial charge in [-0.25, -0.2) is 0 Å². The second kappa shape index (κ2) is 5.66. The lowest BCUT2D eigenvalue weighted by Crippen LogP contribution is -2.29. The van der Waals surface area contributed by atoms with E-state index in [1.54, 1.807) is 0 Å². The molecule has 0 nitrogen and oxygen atoms in total. The largest absolute Gasteiger partial charge is 0.137 e. The molecule has 0 aromatic carbocycles. The fraction of sp³-hybridized carbons (Fsp3) is 0.765. The van der Waals surface area contributed by atoms with Gasteiger partial charge in [-0.05, 0) is 55.1 Å². The Labute approximate surface area is 114 Å². The number of hydrogen-bond donors (Lipinski definition) is 0. The van der Waals surface area contributed by atoms with Crippen LogP contribution in [0.3, 0.4) is 0 Å². The Morgan fingerprint density at radius 1 is 1.22 bits per heavy atom. The van der Waals surface area contributed by atoms with E-state index >= 15 is 0 Å². The molecule has 2 bridgehead atoms. The van der Waals surface area contributed by atoms with Gasteiger partial charge in [0.15, 0.2) is 0 Å². The van der Waals surface area contributed by atoms with Crippen molar-refractivity contribution in [3.63, 3.8) is 0 Å². The van der Waals surface area contributed by atoms with Crippen LogP contribution < -0.4 is 0 Å². The Bertz CT molecular complexity index is 359. The molecule has 100 valence electrons. The molecule has 2 rings (SSSR count). The molecule has 0 radical (unpaired) electrons. The second-order valence-electron chi connectivity index (χ2n) is 6.37. The van der Waals surface area contributed by atoms with Gasteiger partial charge in [0.2, 0.25) is 0 Å². The highest BCUT2D eigenvalue weighted by Gasteiger charge is 2.39. The zero-order valence-corrected chi connectivity index (χ0v) is 13.4. The molecule has 0 aliphatic heterocycles. The summed E-state index contributed by atoms with van der Waals surface area (Å²) < 4.78 is 0. The highest BCUT2D eigenvalue weighted by atomic mass is 28.3. The number of allylic oxidation sites excluding steroid dienone is 2. The topological polar surface area (TPSA) is 0 Å². The normalized spacial score (nSPS) is 29.4. The van der Waals surface area contributed by atoms with Crippen molar-refractivity contribution >= 4 is 8.07 Å². The molecule has 0 N–H and O–H groups in total. The van der Waals surface area contributed by atoms with Crippen LogP contribution in [0.4, 0.5) is 0 Å². The SMILES string of the molecule is CC[Si](C#CCCC12C=CC(CC1)C2)(CC)CC. The number of fused-ring (bicyclic) bond motifs is 2. The summed E-state index contributed by atoms with van der Waals surface area (Å²) in [5.41, 5.74) is 4.29. The molecule has 1 saturated carbocycles. The van der Waals surface area contributed by atoms with Crippen molar-refractivity contribution in [3.05, 3.63) is 12.2 Å². The molecule has 1 heteroatoms. The molecule has 1 fully saturated rings. The first-order valence-corrected chi connectivity index (χ1v) is 10.5. The van der Waals surface area contributed by atoms with E-state index in [0.717, 1.165) is 12.3 Å². The third-order valence-corrected chi connectivity index (χ3v) is 10.3. The van der Waals surface area contributed by atoms with Crippen LogP contribution in [0.5, 0.6) is 0 Å². The van der Waals surface area contributed by atoms with Crippen LogP contribution in [0.15, 0.2) is 12.2 Å². The summed E-state index contributed by atoms with van der Waals surface area (Å²) in [5.74, 6) is 4.47. The minimum absolute atomic E-state index is 0.564. The monoisotopic (exact) mass is 260 g/mol. The van der Waals surface area contributed by atoms with Crippen molar-refractivity contribution < 1.29 is 0 Å². The van der Waals surface area contributed by atoms with E-state index in [1.807, 2.05) is 0 Å². The quantitative estimate of drug-likeness (QED) is 0.363. The lowest BCUT2D eigenvalue weighted by molar-refractivity contribution is 0.376. The summed E-state index contributed by atoms with van der Waals surface area (Å²) in [4.78, 5) is 0. The van der Waals surface area contributed by atoms with Gasteiger partial charge < -0.3 is 0 Å². The lowest BCUT2D eigenvalue weighted by atomic mass is 9.83. The van der Waals surface area contributed by atoms with Gasteiger partial charge in [0.1, 0.15) is 8.07 Å². The van der Waals surface area contributed by atoms with Gasteiger partial charge in [-0.1, -0.05) is 32.9 Å². The Kier molecular flexibility index (Phi) is 4.38. The van der Waals surface area contributed by atoms with Crippen molar-refractivity contribution in [3.8, 4) is 11.5 Å². The smallest absolute Gasteiger partial charge is 0.131 e. The minimum Gasteiger partial charge on any atom is -0.131 e. The summed E-state index contributed by atoms with van der Waals surface area (Å²) in [6.45, 7) is 7.02. The van der Waals surface area contributed by atoms with Gasteiger partial charge in [-0.2, -0.15) is 0 Å². The van der Waals surface area contributed by atoms with Crippen molar-refractivity contribution in [1.29, 1.82) is 0 Å². The van der Waals surface area contributed by atoms with Gasteiger partial charge in [0.05, 0.1) is 0 Å². The summed E-state index contributed by atoms with van der Waals surface area (Å²) in [7, 11) is -1.20. The maximum Gasteiger partial charge on any atom is 0.137 e. The molecule has 2 aliphatic carbocycles. The molecule has 18 heavy (non-hydrogen) atoms. The first-order chi connectivity index (χ1) is 8.67. The van der Waals surface area contributed by atoms with Crippen LogP contribution in [0, 0.1) is 22.8 Å². The van der Waals surface area contributed by atoms with Gasteiger partial charge in [0, 0.05) is 6.42 Å². The Morgan fingerprint density at radius 2 is 1.94 bits per heavy atom. The maximum atomic E-state index is 3.73. The molecule has 2 aliphatic rings. The average molecular weight is 260 g/mol. The molecule has 0 saturated heterocycles. The van der Waals surface area contributed by atoms with Gasteiger partial charge in [0.25, 0.3) is 0 Å². The Balaban J connectivity index is 1.87. The minimum atomic E-state index is -1.20. The number of hydrogen-bond acceptors (Lipinski definition) is 0. The molecule has 0 heterocycles. The Hall–Kier alpha value is -0.483. The molecule has 0 aromatic heterocycles. The van der Waals surface area contributed by atoms with Crippen molar-refractivity contribution in [2.24, 2.45) is 11.3 Å². The fourth-order valence-corrected chi connectivity index (χ4v) is 6.27. The molecule has 2 atom stereocenters. The zero-order valence-electron chi connectivity index (χ0n) is 12.4. The molecule has 2 unspecified atom stereocenters. The van der Waals surface area contributed by atoms with Gasteiger partial charge in [-0.15, -0.1) is 11.5 Å². The maximum absolute atomic E-state index is 3.73. The average Bonchev–Trinajstić information content (AvgIpc) is 3.01. The van der Waals surface area contributed by atoms with E-state index in [1.165, 1.54) is 43.8 Å². The van der Waals surface area contributed by atoms with Gasteiger partial charge >= 0.3 is 0 Å². The van der Waals surface area contributed by atoms with Crippen LogP contribution in [0.1, 0.15) is 52.9 Å². The summed E-state index contributed by atoms with van der Waals surface area (Å²) in [6, 6.07) is 4.00. The summed E-state index contributed by atoms with van der Waals surface area (Å²) in [5, 5.41) is 0. The number of rotatable bonds is 5. The standard InChI is InChI=1S/C17H28Si/c1-4-18(5-2,6-3)14-8-7-11-17-12-9-16(15-17)10-13-17/h9,12,16H,4-7,10-11,13,15H2,1-3H3. The van der Waals surface area contributed by atoms with Crippen LogP contribution >= 0.6 is 0 Å². The fourth-order valence-electron chi connectivity index (χ4n) is 3.74. The lowest BCUT2D eigenvalue weighted by Gasteiger charge is -2.22. The highest BCUT2D eigenvalue weighted by Crippen LogP contribution is 2.51. The van der Waals surface area contributed by atoms with E-state index in [4.69, 9.17) is 0 Å². The van der Waals surface area contributed by atoms with Crippen LogP contribution in [0.25, 0.3) is 0 Å². The van der Waals surface area contributed by atoms with E-state index in [0.29, 0.717) is 5.41 Å².